The fraction of sp³-hybridized carbons (Fsp3) is 0.545. The summed E-state index contributed by atoms with van der Waals surface area (Å²) in [4.78, 5) is 13.1. The van der Waals surface area contributed by atoms with Gasteiger partial charge in [-0.2, -0.15) is 0 Å². The van der Waals surface area contributed by atoms with Gasteiger partial charge in [0.15, 0.2) is 0 Å². The first-order chi connectivity index (χ1) is 8.90. The lowest BCUT2D eigenvalue weighted by molar-refractivity contribution is -0.129. The predicted octanol–water partition coefficient (Wildman–Crippen LogP) is 1.69. The molecule has 5 nitrogen and oxygen atoms in total. The molecule has 0 aliphatic heterocycles. The van der Waals surface area contributed by atoms with Gasteiger partial charge in [-0.1, -0.05) is 11.6 Å². The van der Waals surface area contributed by atoms with Gasteiger partial charge in [-0.05, 0) is 25.0 Å². The molecule has 1 amide bonds. The summed E-state index contributed by atoms with van der Waals surface area (Å²) in [7, 11) is -3.52. The smallest absolute Gasteiger partial charge is 0.250 e. The fourth-order valence-electron chi connectivity index (χ4n) is 1.80. The number of nitrogens with zero attached hydrogens (tertiary/aromatic N) is 1. The number of nitrogens with one attached hydrogen (secondary N) is 1. The number of carbonyl (C=O) groups excluding carboxylic acids is 1. The van der Waals surface area contributed by atoms with Crippen LogP contribution >= 0.6 is 22.9 Å². The van der Waals surface area contributed by atoms with Gasteiger partial charge in [0.1, 0.15) is 4.21 Å². The summed E-state index contributed by atoms with van der Waals surface area (Å²) in [5, 5.41) is 0. The van der Waals surface area contributed by atoms with E-state index in [4.69, 9.17) is 11.6 Å². The average molecular weight is 323 g/mol. The Morgan fingerprint density at radius 2 is 2.21 bits per heavy atom. The van der Waals surface area contributed by atoms with Gasteiger partial charge in [-0.25, -0.2) is 13.1 Å². The Labute approximate surface area is 121 Å². The molecule has 1 aromatic rings. The van der Waals surface area contributed by atoms with Gasteiger partial charge in [-0.3, -0.25) is 4.79 Å². The molecular weight excluding hydrogens is 308 g/mol. The molecule has 19 heavy (non-hydrogen) atoms. The van der Waals surface area contributed by atoms with Crippen molar-refractivity contribution in [3.8, 4) is 0 Å². The normalized spacial score (nSPS) is 15.5. The van der Waals surface area contributed by atoms with Crippen LogP contribution in [0.3, 0.4) is 0 Å². The number of rotatable bonds is 6. The van der Waals surface area contributed by atoms with E-state index in [1.165, 1.54) is 13.0 Å². The highest BCUT2D eigenvalue weighted by atomic mass is 35.5. The third kappa shape index (κ3) is 3.92. The Hall–Kier alpha value is -0.630. The Bertz CT molecular complexity index is 566. The molecule has 1 aromatic heterocycles. The second-order valence-corrected chi connectivity index (χ2v) is 8.11. The van der Waals surface area contributed by atoms with Crippen LogP contribution in [-0.2, 0) is 14.8 Å². The zero-order valence-corrected chi connectivity index (χ0v) is 12.8. The van der Waals surface area contributed by atoms with E-state index in [0.29, 0.717) is 10.9 Å². The minimum absolute atomic E-state index is 0.0131. The molecule has 1 N–H and O–H groups in total. The van der Waals surface area contributed by atoms with Crippen LogP contribution in [0, 0.1) is 0 Å². The molecular formula is C11H15ClN2O3S2. The molecule has 1 aliphatic carbocycles. The van der Waals surface area contributed by atoms with Crippen LogP contribution < -0.4 is 4.72 Å². The van der Waals surface area contributed by atoms with Gasteiger partial charge in [0, 0.05) is 26.1 Å². The Morgan fingerprint density at radius 1 is 1.53 bits per heavy atom. The van der Waals surface area contributed by atoms with Crippen molar-refractivity contribution < 1.29 is 13.2 Å². The van der Waals surface area contributed by atoms with Crippen molar-refractivity contribution in [3.05, 3.63) is 16.5 Å². The second-order valence-electron chi connectivity index (χ2n) is 4.40. The summed E-state index contributed by atoms with van der Waals surface area (Å²) in [6.45, 7) is 2.12. The number of thiophene rings is 1. The Kier molecular flexibility index (Phi) is 4.50. The fourth-order valence-corrected chi connectivity index (χ4v) is 4.35. The molecule has 106 valence electrons. The number of amides is 1. The molecule has 1 fully saturated rings. The lowest BCUT2D eigenvalue weighted by atomic mass is 10.4. The third-order valence-electron chi connectivity index (χ3n) is 2.85. The first kappa shape index (κ1) is 14.8. The van der Waals surface area contributed by atoms with Gasteiger partial charge in [0.25, 0.3) is 0 Å². The number of hydrogen-bond donors (Lipinski definition) is 1. The van der Waals surface area contributed by atoms with E-state index < -0.39 is 10.0 Å². The topological polar surface area (TPSA) is 66.5 Å². The first-order valence-corrected chi connectivity index (χ1v) is 8.60. The van der Waals surface area contributed by atoms with Crippen molar-refractivity contribution >= 4 is 38.9 Å². The summed E-state index contributed by atoms with van der Waals surface area (Å²) in [6.07, 6.45) is 2.01. The number of hydrogen-bond acceptors (Lipinski definition) is 4. The molecule has 0 atom stereocenters. The van der Waals surface area contributed by atoms with Crippen LogP contribution in [-0.4, -0.2) is 38.4 Å². The molecule has 0 radical (unpaired) electrons. The highest BCUT2D eigenvalue weighted by Crippen LogP contribution is 2.27. The van der Waals surface area contributed by atoms with Crippen molar-refractivity contribution in [1.82, 2.24) is 9.62 Å². The van der Waals surface area contributed by atoms with E-state index in [1.807, 2.05) is 0 Å². The second kappa shape index (κ2) is 5.78. The Morgan fingerprint density at radius 3 is 2.68 bits per heavy atom. The monoisotopic (exact) mass is 322 g/mol. The average Bonchev–Trinajstić information content (AvgIpc) is 3.05. The van der Waals surface area contributed by atoms with Crippen LogP contribution in [0.5, 0.6) is 0 Å². The standard InChI is InChI=1S/C11H15ClN2O3S2/c1-8(15)14(9-2-3-9)7-6-13-19(16,17)11-5-4-10(12)18-11/h4-5,9,13H,2-3,6-7H2,1H3. The van der Waals surface area contributed by atoms with Gasteiger partial charge in [0.05, 0.1) is 4.34 Å². The van der Waals surface area contributed by atoms with Crippen LogP contribution in [0.1, 0.15) is 19.8 Å². The number of halogens is 1. The van der Waals surface area contributed by atoms with E-state index in [0.717, 1.165) is 24.2 Å². The van der Waals surface area contributed by atoms with E-state index in [1.54, 1.807) is 11.0 Å². The molecule has 0 unspecified atom stereocenters. The van der Waals surface area contributed by atoms with Gasteiger partial charge in [-0.15, -0.1) is 11.3 Å². The highest BCUT2D eigenvalue weighted by molar-refractivity contribution is 7.91. The van der Waals surface area contributed by atoms with Crippen molar-refractivity contribution in [1.29, 1.82) is 0 Å². The van der Waals surface area contributed by atoms with E-state index in [-0.39, 0.29) is 22.7 Å². The van der Waals surface area contributed by atoms with Crippen molar-refractivity contribution in [2.45, 2.75) is 30.0 Å². The van der Waals surface area contributed by atoms with Crippen LogP contribution in [0.15, 0.2) is 16.3 Å². The molecule has 1 saturated carbocycles. The molecule has 0 bridgehead atoms. The molecule has 2 rings (SSSR count). The number of carbonyl (C=O) groups is 1. The molecule has 0 aromatic carbocycles. The van der Waals surface area contributed by atoms with E-state index in [2.05, 4.69) is 4.72 Å². The maximum absolute atomic E-state index is 11.9. The van der Waals surface area contributed by atoms with Crippen LogP contribution in [0.25, 0.3) is 0 Å². The maximum atomic E-state index is 11.9. The molecule has 8 heteroatoms. The summed E-state index contributed by atoms with van der Waals surface area (Å²) in [5.74, 6) is -0.0131. The largest absolute Gasteiger partial charge is 0.339 e. The number of sulfonamides is 1. The SMILES string of the molecule is CC(=O)N(CCNS(=O)(=O)c1ccc(Cl)s1)C1CC1. The summed E-state index contributed by atoms with van der Waals surface area (Å²) < 4.78 is 27.0. The zero-order valence-electron chi connectivity index (χ0n) is 10.4. The van der Waals surface area contributed by atoms with Crippen molar-refractivity contribution in [2.24, 2.45) is 0 Å². The van der Waals surface area contributed by atoms with Crippen molar-refractivity contribution in [3.63, 3.8) is 0 Å². The molecule has 1 heterocycles. The van der Waals surface area contributed by atoms with Gasteiger partial charge >= 0.3 is 0 Å². The van der Waals surface area contributed by atoms with E-state index in [9.17, 15) is 13.2 Å². The molecule has 0 saturated heterocycles. The van der Waals surface area contributed by atoms with Crippen molar-refractivity contribution in [2.75, 3.05) is 13.1 Å². The molecule has 1 aliphatic rings. The predicted molar refractivity (Wildman–Crippen MR) is 74.9 cm³/mol. The lowest BCUT2D eigenvalue weighted by Gasteiger charge is -2.20. The van der Waals surface area contributed by atoms with Gasteiger partial charge in [0.2, 0.25) is 15.9 Å². The minimum atomic E-state index is -3.52. The summed E-state index contributed by atoms with van der Waals surface area (Å²) in [6, 6.07) is 3.31. The van der Waals surface area contributed by atoms with Crippen LogP contribution in [0.2, 0.25) is 4.34 Å². The van der Waals surface area contributed by atoms with Gasteiger partial charge < -0.3 is 4.90 Å². The zero-order chi connectivity index (χ0) is 14.0. The summed E-state index contributed by atoms with van der Waals surface area (Å²) >= 11 is 6.73. The quantitative estimate of drug-likeness (QED) is 0.866. The minimum Gasteiger partial charge on any atom is -0.339 e. The lowest BCUT2D eigenvalue weighted by Crippen LogP contribution is -2.38. The highest BCUT2D eigenvalue weighted by Gasteiger charge is 2.30. The molecule has 0 spiro atoms. The third-order valence-corrected chi connectivity index (χ3v) is 6.03. The van der Waals surface area contributed by atoms with Crippen LogP contribution in [0.4, 0.5) is 0 Å². The first-order valence-electron chi connectivity index (χ1n) is 5.92. The summed E-state index contributed by atoms with van der Waals surface area (Å²) in [5.41, 5.74) is 0. The van der Waals surface area contributed by atoms with E-state index >= 15 is 0 Å². The maximum Gasteiger partial charge on any atom is 0.250 e. The Balaban J connectivity index is 1.89.